The first kappa shape index (κ1) is 29.8. The number of amides is 2. The molecular weight excluding hydrogens is 544 g/mol. The van der Waals surface area contributed by atoms with E-state index in [0.717, 1.165) is 41.0 Å². The predicted molar refractivity (Wildman–Crippen MR) is 170 cm³/mol. The lowest BCUT2D eigenvalue weighted by Gasteiger charge is -2.37. The van der Waals surface area contributed by atoms with Crippen LogP contribution in [0.25, 0.3) is 27.9 Å². The van der Waals surface area contributed by atoms with Crippen LogP contribution in [0.15, 0.2) is 60.9 Å². The van der Waals surface area contributed by atoms with Gasteiger partial charge >= 0.3 is 6.09 Å². The normalized spacial score (nSPS) is 14.4. The van der Waals surface area contributed by atoms with Crippen molar-refractivity contribution in [1.29, 1.82) is 0 Å². The standard InChI is InChI=1S/C32H40N8O3/c1-20(2)19-43-32(42)37-24-9-5-22(6-10-24)26-17-35-30-27(18-36-40(30)29(26)34)23-7-11-25(12-8-23)38-13-15-39(16-14-38)31(41)28(33)21(3)4/h5-12,17-18,20-21,28H,13-16,19,33-34H2,1-4H3,(H,37,42). The number of aromatic nitrogens is 3. The molecule has 2 aromatic heterocycles. The van der Waals surface area contributed by atoms with Gasteiger partial charge in [0.25, 0.3) is 0 Å². The molecule has 5 N–H and O–H groups in total. The Labute approximate surface area is 251 Å². The number of rotatable bonds is 8. The van der Waals surface area contributed by atoms with Gasteiger partial charge in [-0.25, -0.2) is 9.78 Å². The van der Waals surface area contributed by atoms with Crippen LogP contribution in [0, 0.1) is 11.8 Å². The molecule has 11 heteroatoms. The van der Waals surface area contributed by atoms with Gasteiger partial charge in [0.05, 0.1) is 18.8 Å². The molecule has 2 amide bonds. The molecule has 1 aliphatic rings. The third-order valence-corrected chi connectivity index (χ3v) is 7.69. The van der Waals surface area contributed by atoms with Crippen molar-refractivity contribution < 1.29 is 14.3 Å². The minimum absolute atomic E-state index is 0.0288. The highest BCUT2D eigenvalue weighted by molar-refractivity contribution is 5.86. The van der Waals surface area contributed by atoms with Crippen molar-refractivity contribution in [1.82, 2.24) is 19.5 Å². The van der Waals surface area contributed by atoms with Crippen LogP contribution in [0.5, 0.6) is 0 Å². The van der Waals surface area contributed by atoms with Gasteiger partial charge in [-0.1, -0.05) is 52.0 Å². The molecule has 226 valence electrons. The van der Waals surface area contributed by atoms with E-state index in [-0.39, 0.29) is 17.7 Å². The fraction of sp³-hybridized carbons (Fsp3) is 0.375. The molecule has 0 bridgehead atoms. The topological polar surface area (TPSA) is 144 Å². The molecule has 1 unspecified atom stereocenters. The number of carbonyl (C=O) groups excluding carboxylic acids is 2. The van der Waals surface area contributed by atoms with Crippen LogP contribution in [0.3, 0.4) is 0 Å². The summed E-state index contributed by atoms with van der Waals surface area (Å²) >= 11 is 0. The number of nitrogens with two attached hydrogens (primary N) is 2. The summed E-state index contributed by atoms with van der Waals surface area (Å²) in [5.74, 6) is 0.883. The number of benzene rings is 2. The van der Waals surface area contributed by atoms with Gasteiger partial charge in [0.2, 0.25) is 5.91 Å². The summed E-state index contributed by atoms with van der Waals surface area (Å²) in [6.45, 7) is 11.1. The Balaban J connectivity index is 1.26. The maximum absolute atomic E-state index is 12.6. The number of nitrogens with one attached hydrogen (secondary N) is 1. The monoisotopic (exact) mass is 584 g/mol. The molecule has 4 aromatic rings. The molecule has 0 radical (unpaired) electrons. The molecule has 0 spiro atoms. The Morgan fingerprint density at radius 2 is 1.53 bits per heavy atom. The average Bonchev–Trinajstić information content (AvgIpc) is 3.45. The minimum Gasteiger partial charge on any atom is -0.449 e. The summed E-state index contributed by atoms with van der Waals surface area (Å²) in [4.78, 5) is 33.4. The van der Waals surface area contributed by atoms with Crippen LogP contribution in [0.1, 0.15) is 27.7 Å². The van der Waals surface area contributed by atoms with Crippen molar-refractivity contribution in [2.45, 2.75) is 33.7 Å². The van der Waals surface area contributed by atoms with Gasteiger partial charge in [0.1, 0.15) is 5.82 Å². The maximum Gasteiger partial charge on any atom is 0.411 e. The van der Waals surface area contributed by atoms with Gasteiger partial charge in [0.15, 0.2) is 5.65 Å². The Kier molecular flexibility index (Phi) is 8.81. The van der Waals surface area contributed by atoms with E-state index in [2.05, 4.69) is 39.6 Å². The first-order chi connectivity index (χ1) is 20.6. The molecule has 3 heterocycles. The van der Waals surface area contributed by atoms with Gasteiger partial charge in [-0.2, -0.15) is 9.61 Å². The third kappa shape index (κ3) is 6.56. The number of nitrogen functional groups attached to an aromatic ring is 1. The molecule has 1 aliphatic heterocycles. The molecule has 5 rings (SSSR count). The van der Waals surface area contributed by atoms with E-state index < -0.39 is 12.1 Å². The van der Waals surface area contributed by atoms with Crippen molar-refractivity contribution in [3.05, 3.63) is 60.9 Å². The lowest BCUT2D eigenvalue weighted by atomic mass is 10.0. The molecular formula is C32H40N8O3. The summed E-state index contributed by atoms with van der Waals surface area (Å²) in [6, 6.07) is 15.2. The highest BCUT2D eigenvalue weighted by Crippen LogP contribution is 2.31. The number of anilines is 3. The number of fused-ring (bicyclic) bond motifs is 1. The number of hydrogen-bond donors (Lipinski definition) is 3. The summed E-state index contributed by atoms with van der Waals surface area (Å²) < 4.78 is 6.83. The number of piperazine rings is 1. The third-order valence-electron chi connectivity index (χ3n) is 7.69. The van der Waals surface area contributed by atoms with E-state index in [0.29, 0.717) is 36.8 Å². The van der Waals surface area contributed by atoms with Crippen molar-refractivity contribution in [3.8, 4) is 22.3 Å². The van der Waals surface area contributed by atoms with E-state index in [9.17, 15) is 9.59 Å². The van der Waals surface area contributed by atoms with Gasteiger partial charge in [-0.05, 0) is 47.2 Å². The first-order valence-electron chi connectivity index (χ1n) is 14.7. The molecule has 0 saturated carbocycles. The van der Waals surface area contributed by atoms with Crippen LogP contribution in [-0.2, 0) is 9.53 Å². The molecule has 0 aliphatic carbocycles. The Hall–Kier alpha value is -4.64. The van der Waals surface area contributed by atoms with Crippen LogP contribution in [0.2, 0.25) is 0 Å². The number of carbonyl (C=O) groups is 2. The molecule has 2 aromatic carbocycles. The van der Waals surface area contributed by atoms with E-state index in [1.54, 1.807) is 29.0 Å². The minimum atomic E-state index is -0.484. The number of hydrogen-bond acceptors (Lipinski definition) is 8. The van der Waals surface area contributed by atoms with Crippen LogP contribution < -0.4 is 21.7 Å². The van der Waals surface area contributed by atoms with Crippen LogP contribution >= 0.6 is 0 Å². The van der Waals surface area contributed by atoms with Crippen molar-refractivity contribution in [2.75, 3.05) is 48.7 Å². The first-order valence-corrected chi connectivity index (χ1v) is 14.7. The van der Waals surface area contributed by atoms with Gasteiger partial charge in [-0.3, -0.25) is 10.1 Å². The van der Waals surface area contributed by atoms with Crippen molar-refractivity contribution >= 4 is 34.8 Å². The highest BCUT2D eigenvalue weighted by Gasteiger charge is 2.27. The zero-order valence-electron chi connectivity index (χ0n) is 25.2. The summed E-state index contributed by atoms with van der Waals surface area (Å²) in [6.07, 6.45) is 3.04. The zero-order chi connectivity index (χ0) is 30.7. The van der Waals surface area contributed by atoms with Crippen LogP contribution in [-0.4, -0.2) is 70.3 Å². The summed E-state index contributed by atoms with van der Waals surface area (Å²) in [5.41, 5.74) is 18.5. The predicted octanol–water partition coefficient (Wildman–Crippen LogP) is 4.48. The van der Waals surface area contributed by atoms with E-state index in [1.807, 2.05) is 44.7 Å². The second kappa shape index (κ2) is 12.7. The zero-order valence-corrected chi connectivity index (χ0v) is 25.2. The SMILES string of the molecule is CC(C)COC(=O)Nc1ccc(-c2cnc3c(-c4ccc(N5CCN(C(=O)C(N)C(C)C)CC5)cc4)cnn3c2N)cc1. The maximum atomic E-state index is 12.6. The molecule has 1 saturated heterocycles. The second-order valence-electron chi connectivity index (χ2n) is 11.7. The van der Waals surface area contributed by atoms with E-state index >= 15 is 0 Å². The van der Waals surface area contributed by atoms with Crippen LogP contribution in [0.4, 0.5) is 22.0 Å². The Morgan fingerprint density at radius 3 is 2.16 bits per heavy atom. The van der Waals surface area contributed by atoms with E-state index in [4.69, 9.17) is 21.2 Å². The lowest BCUT2D eigenvalue weighted by Crippen LogP contribution is -2.54. The van der Waals surface area contributed by atoms with Crippen molar-refractivity contribution in [2.24, 2.45) is 17.6 Å². The lowest BCUT2D eigenvalue weighted by molar-refractivity contribution is -0.133. The molecule has 11 nitrogen and oxygen atoms in total. The fourth-order valence-electron chi connectivity index (χ4n) is 5.04. The second-order valence-corrected chi connectivity index (χ2v) is 11.7. The van der Waals surface area contributed by atoms with Gasteiger partial charge in [-0.15, -0.1) is 0 Å². The number of ether oxygens (including phenoxy) is 1. The van der Waals surface area contributed by atoms with Crippen molar-refractivity contribution in [3.63, 3.8) is 0 Å². The molecule has 43 heavy (non-hydrogen) atoms. The van der Waals surface area contributed by atoms with Gasteiger partial charge in [0, 0.05) is 54.9 Å². The Morgan fingerprint density at radius 1 is 0.907 bits per heavy atom. The average molecular weight is 585 g/mol. The fourth-order valence-corrected chi connectivity index (χ4v) is 5.04. The smallest absolute Gasteiger partial charge is 0.411 e. The molecule has 1 atom stereocenters. The summed E-state index contributed by atoms with van der Waals surface area (Å²) in [5, 5.41) is 7.26. The Bertz CT molecular complexity index is 1570. The van der Waals surface area contributed by atoms with E-state index in [1.165, 1.54) is 0 Å². The summed E-state index contributed by atoms with van der Waals surface area (Å²) in [7, 11) is 0. The number of nitrogens with zero attached hydrogens (tertiary/aromatic N) is 5. The highest BCUT2D eigenvalue weighted by atomic mass is 16.5. The largest absolute Gasteiger partial charge is 0.449 e. The molecule has 1 fully saturated rings. The van der Waals surface area contributed by atoms with Gasteiger partial charge < -0.3 is 26.0 Å². The quantitative estimate of drug-likeness (QED) is 0.275.